The van der Waals surface area contributed by atoms with Gasteiger partial charge in [0.25, 0.3) is 0 Å². The molecule has 0 saturated heterocycles. The zero-order chi connectivity index (χ0) is 13.3. The first-order valence-corrected chi connectivity index (χ1v) is 6.51. The van der Waals surface area contributed by atoms with Gasteiger partial charge in [-0.2, -0.15) is 4.99 Å². The Bertz CT molecular complexity index is 350. The fourth-order valence-electron chi connectivity index (χ4n) is 2.73. The molecule has 0 aromatic heterocycles. The maximum Gasteiger partial charge on any atom is 0.350 e. The Balaban J connectivity index is 2.20. The molecule has 0 spiro atoms. The van der Waals surface area contributed by atoms with Crippen molar-refractivity contribution in [3.05, 3.63) is 0 Å². The van der Waals surface area contributed by atoms with Crippen LogP contribution in [0.2, 0.25) is 0 Å². The molecule has 102 valence electrons. The zero-order valence-corrected chi connectivity index (χ0v) is 11.3. The molecule has 6 nitrogen and oxygen atoms in total. The SMILES string of the molecule is CN(C)C1=NC(=O)N(C2CCCCC2)C(O)N1C. The van der Waals surface area contributed by atoms with E-state index < -0.39 is 6.35 Å². The third-order valence-corrected chi connectivity index (χ3v) is 3.70. The smallest absolute Gasteiger partial charge is 0.350 e. The van der Waals surface area contributed by atoms with E-state index in [1.54, 1.807) is 16.8 Å². The Labute approximate surface area is 108 Å². The topological polar surface area (TPSA) is 59.4 Å². The van der Waals surface area contributed by atoms with Gasteiger partial charge in [-0.3, -0.25) is 4.90 Å². The average molecular weight is 254 g/mol. The van der Waals surface area contributed by atoms with E-state index >= 15 is 0 Å². The van der Waals surface area contributed by atoms with Gasteiger partial charge in [0.1, 0.15) is 0 Å². The van der Waals surface area contributed by atoms with Crippen LogP contribution in [0.1, 0.15) is 32.1 Å². The van der Waals surface area contributed by atoms with E-state index in [9.17, 15) is 9.90 Å². The summed E-state index contributed by atoms with van der Waals surface area (Å²) in [6.07, 6.45) is 4.48. The normalized spacial score (nSPS) is 26.3. The van der Waals surface area contributed by atoms with Crippen LogP contribution in [0.15, 0.2) is 4.99 Å². The molecule has 2 aliphatic rings. The minimum absolute atomic E-state index is 0.121. The monoisotopic (exact) mass is 254 g/mol. The summed E-state index contributed by atoms with van der Waals surface area (Å²) in [7, 11) is 5.38. The number of aliphatic hydroxyl groups is 1. The predicted octanol–water partition coefficient (Wildman–Crippen LogP) is 0.880. The van der Waals surface area contributed by atoms with Gasteiger partial charge >= 0.3 is 6.03 Å². The maximum atomic E-state index is 12.1. The summed E-state index contributed by atoms with van der Waals surface area (Å²) in [5.74, 6) is 0.500. The lowest BCUT2D eigenvalue weighted by atomic mass is 9.94. The fourth-order valence-corrected chi connectivity index (χ4v) is 2.73. The number of amides is 2. The molecule has 1 unspecified atom stereocenters. The number of carbonyl (C=O) groups is 1. The summed E-state index contributed by atoms with van der Waals surface area (Å²) in [6.45, 7) is 0. The summed E-state index contributed by atoms with van der Waals surface area (Å²) < 4.78 is 0. The molecule has 6 heteroatoms. The molecule has 1 aliphatic carbocycles. The Morgan fingerprint density at radius 3 is 2.44 bits per heavy atom. The number of hydrogen-bond acceptors (Lipinski definition) is 4. The van der Waals surface area contributed by atoms with Gasteiger partial charge in [-0.15, -0.1) is 0 Å². The van der Waals surface area contributed by atoms with Crippen LogP contribution < -0.4 is 0 Å². The van der Waals surface area contributed by atoms with Gasteiger partial charge < -0.3 is 14.9 Å². The first-order chi connectivity index (χ1) is 8.52. The lowest BCUT2D eigenvalue weighted by molar-refractivity contribution is -0.0775. The van der Waals surface area contributed by atoms with E-state index in [4.69, 9.17) is 0 Å². The molecule has 1 aliphatic heterocycles. The van der Waals surface area contributed by atoms with Crippen molar-refractivity contribution in [2.45, 2.75) is 44.5 Å². The van der Waals surface area contributed by atoms with Gasteiger partial charge in [-0.05, 0) is 12.8 Å². The molecule has 0 radical (unpaired) electrons. The van der Waals surface area contributed by atoms with Crippen LogP contribution in [-0.2, 0) is 0 Å². The van der Waals surface area contributed by atoms with Gasteiger partial charge in [0.05, 0.1) is 0 Å². The van der Waals surface area contributed by atoms with Crippen molar-refractivity contribution in [1.29, 1.82) is 0 Å². The number of nitrogens with zero attached hydrogens (tertiary/aromatic N) is 4. The molecule has 1 saturated carbocycles. The maximum absolute atomic E-state index is 12.1. The number of aliphatic imine (C=N–C) groups is 1. The highest BCUT2D eigenvalue weighted by molar-refractivity contribution is 5.94. The second kappa shape index (κ2) is 5.14. The summed E-state index contributed by atoms with van der Waals surface area (Å²) in [6, 6.07) is -0.202. The van der Waals surface area contributed by atoms with Crippen molar-refractivity contribution >= 4 is 12.0 Å². The summed E-state index contributed by atoms with van der Waals surface area (Å²) in [5.41, 5.74) is 0. The molecule has 1 fully saturated rings. The number of aliphatic hydroxyl groups excluding tert-OH is 1. The van der Waals surface area contributed by atoms with E-state index in [2.05, 4.69) is 4.99 Å². The van der Waals surface area contributed by atoms with Crippen LogP contribution >= 0.6 is 0 Å². The number of guanidine groups is 1. The van der Waals surface area contributed by atoms with Crippen molar-refractivity contribution in [3.63, 3.8) is 0 Å². The lowest BCUT2D eigenvalue weighted by Gasteiger charge is -2.44. The van der Waals surface area contributed by atoms with Gasteiger partial charge in [-0.1, -0.05) is 19.3 Å². The molecular formula is C12H22N4O2. The van der Waals surface area contributed by atoms with E-state index in [0.29, 0.717) is 5.96 Å². The highest BCUT2D eigenvalue weighted by Gasteiger charge is 2.38. The van der Waals surface area contributed by atoms with Crippen LogP contribution in [0.5, 0.6) is 0 Å². The zero-order valence-electron chi connectivity index (χ0n) is 11.3. The molecule has 1 N–H and O–H groups in total. The molecule has 1 atom stereocenters. The summed E-state index contributed by atoms with van der Waals surface area (Å²) in [5, 5.41) is 10.3. The van der Waals surface area contributed by atoms with Gasteiger partial charge in [0.15, 0.2) is 0 Å². The van der Waals surface area contributed by atoms with Crippen LogP contribution in [0.4, 0.5) is 4.79 Å². The van der Waals surface area contributed by atoms with E-state index in [1.807, 2.05) is 14.1 Å². The van der Waals surface area contributed by atoms with Crippen LogP contribution in [0, 0.1) is 0 Å². The van der Waals surface area contributed by atoms with E-state index in [-0.39, 0.29) is 12.1 Å². The summed E-state index contributed by atoms with van der Waals surface area (Å²) in [4.78, 5) is 21.0. The largest absolute Gasteiger partial charge is 0.356 e. The molecule has 0 aromatic rings. The van der Waals surface area contributed by atoms with Crippen molar-refractivity contribution in [1.82, 2.24) is 14.7 Å². The highest BCUT2D eigenvalue weighted by Crippen LogP contribution is 2.26. The lowest BCUT2D eigenvalue weighted by Crippen LogP contribution is -2.61. The van der Waals surface area contributed by atoms with E-state index in [1.165, 1.54) is 11.3 Å². The summed E-state index contributed by atoms with van der Waals surface area (Å²) >= 11 is 0. The molecule has 2 amide bonds. The number of carbonyl (C=O) groups excluding carboxylic acids is 1. The Hall–Kier alpha value is -1.30. The standard InChI is InChI=1S/C12H22N4O2/c1-14(2)10-13-11(17)16(12(18)15(10)3)9-7-5-4-6-8-9/h9,12,18H,4-8H2,1-3H3. The van der Waals surface area contributed by atoms with E-state index in [0.717, 1.165) is 25.7 Å². The first kappa shape index (κ1) is 13.1. The minimum atomic E-state index is -0.907. The third kappa shape index (κ3) is 2.29. The number of rotatable bonds is 1. The van der Waals surface area contributed by atoms with Gasteiger partial charge in [0.2, 0.25) is 12.3 Å². The molecule has 2 rings (SSSR count). The predicted molar refractivity (Wildman–Crippen MR) is 69.0 cm³/mol. The van der Waals surface area contributed by atoms with Crippen molar-refractivity contribution < 1.29 is 9.90 Å². The van der Waals surface area contributed by atoms with Crippen LogP contribution in [0.3, 0.4) is 0 Å². The van der Waals surface area contributed by atoms with Crippen LogP contribution in [-0.4, -0.2) is 65.3 Å². The fraction of sp³-hybridized carbons (Fsp3) is 0.833. The Morgan fingerprint density at radius 2 is 1.89 bits per heavy atom. The third-order valence-electron chi connectivity index (χ3n) is 3.70. The number of urea groups is 1. The quantitative estimate of drug-likeness (QED) is 0.754. The second-order valence-corrected chi connectivity index (χ2v) is 5.25. The van der Waals surface area contributed by atoms with Crippen molar-refractivity contribution in [3.8, 4) is 0 Å². The average Bonchev–Trinajstić information content (AvgIpc) is 2.35. The highest BCUT2D eigenvalue weighted by atomic mass is 16.3. The minimum Gasteiger partial charge on any atom is -0.356 e. The molecule has 0 bridgehead atoms. The Kier molecular flexibility index (Phi) is 3.75. The molecular weight excluding hydrogens is 232 g/mol. The van der Waals surface area contributed by atoms with Gasteiger partial charge in [-0.25, -0.2) is 4.79 Å². The second-order valence-electron chi connectivity index (χ2n) is 5.25. The number of hydrogen-bond donors (Lipinski definition) is 1. The van der Waals surface area contributed by atoms with Gasteiger partial charge in [0, 0.05) is 27.2 Å². The van der Waals surface area contributed by atoms with Crippen LogP contribution in [0.25, 0.3) is 0 Å². The molecule has 1 heterocycles. The molecule has 0 aromatic carbocycles. The first-order valence-electron chi connectivity index (χ1n) is 6.51. The van der Waals surface area contributed by atoms with Crippen molar-refractivity contribution in [2.24, 2.45) is 4.99 Å². The molecule has 18 heavy (non-hydrogen) atoms. The Morgan fingerprint density at radius 1 is 1.28 bits per heavy atom. The van der Waals surface area contributed by atoms with Crippen molar-refractivity contribution in [2.75, 3.05) is 21.1 Å².